The molecule has 0 saturated carbocycles. The molecule has 0 aliphatic rings. The molecule has 2 aromatic rings. The third-order valence-corrected chi connectivity index (χ3v) is 2.59. The van der Waals surface area contributed by atoms with Crippen molar-refractivity contribution in [3.05, 3.63) is 23.8 Å². The van der Waals surface area contributed by atoms with Gasteiger partial charge in [0.1, 0.15) is 11.8 Å². The molecule has 1 unspecified atom stereocenters. The van der Waals surface area contributed by atoms with Gasteiger partial charge in [0, 0.05) is 6.42 Å². The van der Waals surface area contributed by atoms with Gasteiger partial charge in [0.25, 0.3) is 0 Å². The number of aldehydes is 1. The van der Waals surface area contributed by atoms with Crippen molar-refractivity contribution in [1.82, 2.24) is 4.98 Å². The molecule has 0 fully saturated rings. The van der Waals surface area contributed by atoms with Crippen LogP contribution in [-0.4, -0.2) is 18.4 Å². The molecule has 1 aromatic heterocycles. The van der Waals surface area contributed by atoms with Crippen LogP contribution in [0.15, 0.2) is 22.6 Å². The van der Waals surface area contributed by atoms with Crippen molar-refractivity contribution in [2.75, 3.05) is 7.11 Å². The average molecular weight is 219 g/mol. The molecule has 0 bridgehead atoms. The van der Waals surface area contributed by atoms with Crippen molar-refractivity contribution in [3.63, 3.8) is 0 Å². The Morgan fingerprint density at radius 1 is 1.56 bits per heavy atom. The number of oxazole rings is 1. The van der Waals surface area contributed by atoms with Gasteiger partial charge >= 0.3 is 6.08 Å². The largest absolute Gasteiger partial charge is 0.453 e. The summed E-state index contributed by atoms with van der Waals surface area (Å²) in [5, 5.41) is 0. The smallest absolute Gasteiger partial charge is 0.394 e. The van der Waals surface area contributed by atoms with Gasteiger partial charge < -0.3 is 13.9 Å². The summed E-state index contributed by atoms with van der Waals surface area (Å²) < 4.78 is 10.3. The summed E-state index contributed by atoms with van der Waals surface area (Å²) in [7, 11) is 1.51. The SMILES string of the molecule is COc1nc2c(C(C)CC=O)cccc2o1. The van der Waals surface area contributed by atoms with Crippen LogP contribution in [0.1, 0.15) is 24.8 Å². The van der Waals surface area contributed by atoms with Crippen molar-refractivity contribution >= 4 is 17.4 Å². The van der Waals surface area contributed by atoms with E-state index >= 15 is 0 Å². The van der Waals surface area contributed by atoms with Gasteiger partial charge in [0.2, 0.25) is 0 Å². The molecule has 2 rings (SSSR count). The first-order valence-electron chi connectivity index (χ1n) is 5.13. The van der Waals surface area contributed by atoms with E-state index in [2.05, 4.69) is 4.98 Å². The Labute approximate surface area is 93.2 Å². The highest BCUT2D eigenvalue weighted by molar-refractivity contribution is 5.78. The molecular formula is C12H13NO3. The zero-order valence-corrected chi connectivity index (χ0v) is 9.27. The Morgan fingerprint density at radius 2 is 2.38 bits per heavy atom. The second-order valence-corrected chi connectivity index (χ2v) is 3.68. The highest BCUT2D eigenvalue weighted by atomic mass is 16.6. The number of carbonyl (C=O) groups is 1. The van der Waals surface area contributed by atoms with Crippen LogP contribution in [0.5, 0.6) is 6.08 Å². The number of para-hydroxylation sites is 1. The molecular weight excluding hydrogens is 206 g/mol. The van der Waals surface area contributed by atoms with Gasteiger partial charge in [0.15, 0.2) is 5.58 Å². The van der Waals surface area contributed by atoms with Gasteiger partial charge in [-0.1, -0.05) is 19.1 Å². The third-order valence-electron chi connectivity index (χ3n) is 2.59. The minimum atomic E-state index is 0.135. The number of aromatic nitrogens is 1. The van der Waals surface area contributed by atoms with Crippen molar-refractivity contribution in [3.8, 4) is 6.08 Å². The van der Waals surface area contributed by atoms with Crippen molar-refractivity contribution in [1.29, 1.82) is 0 Å². The fourth-order valence-corrected chi connectivity index (χ4v) is 1.71. The highest BCUT2D eigenvalue weighted by Crippen LogP contribution is 2.29. The summed E-state index contributed by atoms with van der Waals surface area (Å²) in [6.07, 6.45) is 1.65. The number of ether oxygens (including phenoxy) is 1. The lowest BCUT2D eigenvalue weighted by molar-refractivity contribution is -0.108. The standard InChI is InChI=1S/C12H13NO3/c1-8(6-7-14)9-4-3-5-10-11(9)13-12(15-2)16-10/h3-5,7-8H,6H2,1-2H3. The van der Waals surface area contributed by atoms with Crippen LogP contribution >= 0.6 is 0 Å². The van der Waals surface area contributed by atoms with Gasteiger partial charge in [-0.15, -0.1) is 0 Å². The number of benzene rings is 1. The summed E-state index contributed by atoms with van der Waals surface area (Å²) in [5.41, 5.74) is 2.47. The zero-order valence-electron chi connectivity index (χ0n) is 9.27. The van der Waals surface area contributed by atoms with E-state index < -0.39 is 0 Å². The van der Waals surface area contributed by atoms with Crippen molar-refractivity contribution in [2.24, 2.45) is 0 Å². The molecule has 4 nitrogen and oxygen atoms in total. The summed E-state index contributed by atoms with van der Waals surface area (Å²) >= 11 is 0. The number of carbonyl (C=O) groups excluding carboxylic acids is 1. The van der Waals surface area contributed by atoms with Crippen LogP contribution in [-0.2, 0) is 4.79 Å². The maximum Gasteiger partial charge on any atom is 0.394 e. The lowest BCUT2D eigenvalue weighted by Gasteiger charge is -2.07. The molecule has 0 amide bonds. The molecule has 4 heteroatoms. The molecule has 0 radical (unpaired) electrons. The van der Waals surface area contributed by atoms with E-state index in [1.54, 1.807) is 0 Å². The summed E-state index contributed by atoms with van der Waals surface area (Å²) in [4.78, 5) is 14.7. The Morgan fingerprint density at radius 3 is 3.06 bits per heavy atom. The van der Waals surface area contributed by atoms with E-state index in [9.17, 15) is 4.79 Å². The minimum Gasteiger partial charge on any atom is -0.453 e. The van der Waals surface area contributed by atoms with E-state index in [-0.39, 0.29) is 12.0 Å². The molecule has 0 aliphatic heterocycles. The Bertz CT molecular complexity index is 504. The second-order valence-electron chi connectivity index (χ2n) is 3.68. The lowest BCUT2D eigenvalue weighted by Crippen LogP contribution is -1.95. The van der Waals surface area contributed by atoms with Gasteiger partial charge in [-0.2, -0.15) is 4.98 Å². The predicted molar refractivity (Wildman–Crippen MR) is 59.7 cm³/mol. The number of hydrogen-bond donors (Lipinski definition) is 0. The fraction of sp³-hybridized carbons (Fsp3) is 0.333. The van der Waals surface area contributed by atoms with Crippen LogP contribution in [0.2, 0.25) is 0 Å². The van der Waals surface area contributed by atoms with E-state index in [0.29, 0.717) is 12.0 Å². The molecule has 1 aromatic carbocycles. The first-order valence-corrected chi connectivity index (χ1v) is 5.13. The minimum absolute atomic E-state index is 0.135. The van der Waals surface area contributed by atoms with E-state index in [4.69, 9.17) is 9.15 Å². The summed E-state index contributed by atoms with van der Waals surface area (Å²) in [5.74, 6) is 0.135. The maximum absolute atomic E-state index is 10.5. The monoisotopic (exact) mass is 219 g/mol. The quantitative estimate of drug-likeness (QED) is 0.741. The number of rotatable bonds is 4. The number of fused-ring (bicyclic) bond motifs is 1. The number of methoxy groups -OCH3 is 1. The van der Waals surface area contributed by atoms with Crippen LogP contribution in [0.4, 0.5) is 0 Å². The van der Waals surface area contributed by atoms with Gasteiger partial charge in [-0.25, -0.2) is 0 Å². The van der Waals surface area contributed by atoms with Crippen molar-refractivity contribution < 1.29 is 13.9 Å². The topological polar surface area (TPSA) is 52.3 Å². The van der Waals surface area contributed by atoms with Gasteiger partial charge in [0.05, 0.1) is 7.11 Å². The molecule has 1 atom stereocenters. The van der Waals surface area contributed by atoms with Crippen LogP contribution < -0.4 is 4.74 Å². The first-order chi connectivity index (χ1) is 7.76. The molecule has 84 valence electrons. The second kappa shape index (κ2) is 4.35. The summed E-state index contributed by atoms with van der Waals surface area (Å²) in [6.45, 7) is 1.99. The van der Waals surface area contributed by atoms with E-state index in [1.807, 2.05) is 25.1 Å². The van der Waals surface area contributed by atoms with Gasteiger partial charge in [-0.05, 0) is 17.5 Å². The van der Waals surface area contributed by atoms with Crippen LogP contribution in [0.3, 0.4) is 0 Å². The van der Waals surface area contributed by atoms with Crippen molar-refractivity contribution in [2.45, 2.75) is 19.3 Å². The fourth-order valence-electron chi connectivity index (χ4n) is 1.71. The molecule has 16 heavy (non-hydrogen) atoms. The molecule has 0 aliphatic carbocycles. The van der Waals surface area contributed by atoms with Crippen LogP contribution in [0.25, 0.3) is 11.1 Å². The Balaban J connectivity index is 2.51. The molecule has 0 spiro atoms. The van der Waals surface area contributed by atoms with Crippen LogP contribution in [0, 0.1) is 0 Å². The van der Waals surface area contributed by atoms with Gasteiger partial charge in [-0.3, -0.25) is 0 Å². The number of nitrogens with zero attached hydrogens (tertiary/aromatic N) is 1. The lowest BCUT2D eigenvalue weighted by atomic mass is 9.97. The normalized spacial score (nSPS) is 12.6. The molecule has 1 heterocycles. The molecule has 0 N–H and O–H groups in total. The first kappa shape index (κ1) is 10.7. The predicted octanol–water partition coefficient (Wildman–Crippen LogP) is 2.53. The highest BCUT2D eigenvalue weighted by Gasteiger charge is 2.14. The molecule has 0 saturated heterocycles. The summed E-state index contributed by atoms with van der Waals surface area (Å²) in [6, 6.07) is 5.68. The Hall–Kier alpha value is -1.84. The van der Waals surface area contributed by atoms with E-state index in [0.717, 1.165) is 17.4 Å². The third kappa shape index (κ3) is 1.78. The average Bonchev–Trinajstić information content (AvgIpc) is 2.71. The Kier molecular flexibility index (Phi) is 2.90. The van der Waals surface area contributed by atoms with E-state index in [1.165, 1.54) is 7.11 Å². The maximum atomic E-state index is 10.5. The zero-order chi connectivity index (χ0) is 11.5. The number of hydrogen-bond acceptors (Lipinski definition) is 4.